The minimum absolute atomic E-state index is 0.0156. The summed E-state index contributed by atoms with van der Waals surface area (Å²) < 4.78 is 13.9. The van der Waals surface area contributed by atoms with Gasteiger partial charge in [0.05, 0.1) is 24.4 Å². The van der Waals surface area contributed by atoms with Crippen molar-refractivity contribution < 1.29 is 14.6 Å². The largest absolute Gasteiger partial charge is 0.394 e. The third-order valence-electron chi connectivity index (χ3n) is 3.35. The molecule has 2 atom stereocenters. The standard InChI is InChI=1S/C13H18FNO2/c1-9(17)10-4-5-13(12(14)7-10)15-6-2-3-11(15)8-16/h4-5,7,9,11,16-17H,2-3,6,8H2,1H3/t9-,11?/m0/s1. The molecule has 0 aliphatic carbocycles. The second kappa shape index (κ2) is 5.02. The molecule has 17 heavy (non-hydrogen) atoms. The number of aliphatic hydroxyl groups excluding tert-OH is 2. The molecule has 4 heteroatoms. The van der Waals surface area contributed by atoms with Crippen LogP contribution < -0.4 is 4.90 Å². The molecule has 1 heterocycles. The van der Waals surface area contributed by atoms with Crippen LogP contribution in [0.1, 0.15) is 31.4 Å². The van der Waals surface area contributed by atoms with E-state index < -0.39 is 6.10 Å². The number of hydrogen-bond acceptors (Lipinski definition) is 3. The van der Waals surface area contributed by atoms with Crippen LogP contribution in [-0.4, -0.2) is 29.4 Å². The highest BCUT2D eigenvalue weighted by Gasteiger charge is 2.26. The molecular formula is C13H18FNO2. The number of hydrogen-bond donors (Lipinski definition) is 2. The van der Waals surface area contributed by atoms with Gasteiger partial charge < -0.3 is 15.1 Å². The highest BCUT2D eigenvalue weighted by atomic mass is 19.1. The van der Waals surface area contributed by atoms with Crippen LogP contribution in [0.5, 0.6) is 0 Å². The first kappa shape index (κ1) is 12.3. The summed E-state index contributed by atoms with van der Waals surface area (Å²) in [6.07, 6.45) is 1.21. The number of benzene rings is 1. The molecule has 0 aromatic heterocycles. The number of anilines is 1. The smallest absolute Gasteiger partial charge is 0.146 e. The van der Waals surface area contributed by atoms with Crippen molar-refractivity contribution in [2.75, 3.05) is 18.1 Å². The Morgan fingerprint density at radius 3 is 2.88 bits per heavy atom. The van der Waals surface area contributed by atoms with Gasteiger partial charge in [0, 0.05) is 6.54 Å². The molecule has 2 N–H and O–H groups in total. The molecule has 0 bridgehead atoms. The van der Waals surface area contributed by atoms with Gasteiger partial charge in [0.2, 0.25) is 0 Å². The van der Waals surface area contributed by atoms with E-state index in [0.29, 0.717) is 11.3 Å². The van der Waals surface area contributed by atoms with Crippen LogP contribution in [0.15, 0.2) is 18.2 Å². The van der Waals surface area contributed by atoms with E-state index in [1.807, 2.05) is 4.90 Å². The maximum Gasteiger partial charge on any atom is 0.146 e. The zero-order chi connectivity index (χ0) is 12.4. The maximum atomic E-state index is 13.9. The molecule has 1 aliphatic heterocycles. The first-order valence-corrected chi connectivity index (χ1v) is 5.98. The van der Waals surface area contributed by atoms with Crippen molar-refractivity contribution in [2.24, 2.45) is 0 Å². The predicted octanol–water partition coefficient (Wildman–Crippen LogP) is 1.84. The van der Waals surface area contributed by atoms with E-state index in [9.17, 15) is 14.6 Å². The molecule has 1 aromatic carbocycles. The van der Waals surface area contributed by atoms with Gasteiger partial charge in [-0.3, -0.25) is 0 Å². The topological polar surface area (TPSA) is 43.7 Å². The van der Waals surface area contributed by atoms with Gasteiger partial charge in [-0.15, -0.1) is 0 Å². The molecule has 0 amide bonds. The van der Waals surface area contributed by atoms with Gasteiger partial charge in [0.1, 0.15) is 5.82 Å². The van der Waals surface area contributed by atoms with Crippen molar-refractivity contribution in [1.82, 2.24) is 0 Å². The highest BCUT2D eigenvalue weighted by molar-refractivity contribution is 5.51. The zero-order valence-electron chi connectivity index (χ0n) is 9.93. The third kappa shape index (κ3) is 2.42. The summed E-state index contributed by atoms with van der Waals surface area (Å²) in [6, 6.07) is 4.80. The summed E-state index contributed by atoms with van der Waals surface area (Å²) in [6.45, 7) is 2.44. The van der Waals surface area contributed by atoms with Crippen molar-refractivity contribution in [3.63, 3.8) is 0 Å². The average Bonchev–Trinajstić information content (AvgIpc) is 2.76. The summed E-state index contributed by atoms with van der Waals surface area (Å²) in [5.41, 5.74) is 1.09. The van der Waals surface area contributed by atoms with E-state index in [1.165, 1.54) is 6.07 Å². The van der Waals surface area contributed by atoms with E-state index in [0.717, 1.165) is 19.4 Å². The van der Waals surface area contributed by atoms with Gasteiger partial charge in [-0.25, -0.2) is 4.39 Å². The fraction of sp³-hybridized carbons (Fsp3) is 0.538. The second-order valence-electron chi connectivity index (χ2n) is 4.56. The van der Waals surface area contributed by atoms with Crippen molar-refractivity contribution >= 4 is 5.69 Å². The minimum Gasteiger partial charge on any atom is -0.394 e. The Hall–Kier alpha value is -1.13. The average molecular weight is 239 g/mol. The summed E-state index contributed by atoms with van der Waals surface area (Å²) >= 11 is 0. The van der Waals surface area contributed by atoms with Crippen molar-refractivity contribution in [3.8, 4) is 0 Å². The van der Waals surface area contributed by atoms with Crippen molar-refractivity contribution in [3.05, 3.63) is 29.6 Å². The fourth-order valence-electron chi connectivity index (χ4n) is 2.36. The SMILES string of the molecule is C[C@H](O)c1ccc(N2CCCC2CO)c(F)c1. The maximum absolute atomic E-state index is 13.9. The summed E-state index contributed by atoms with van der Waals surface area (Å²) in [5, 5.41) is 18.6. The summed E-state index contributed by atoms with van der Waals surface area (Å²) in [5.74, 6) is -0.330. The quantitative estimate of drug-likeness (QED) is 0.846. The molecule has 0 radical (unpaired) electrons. The predicted molar refractivity (Wildman–Crippen MR) is 64.5 cm³/mol. The lowest BCUT2D eigenvalue weighted by molar-refractivity contribution is 0.199. The van der Waals surface area contributed by atoms with Gasteiger partial charge >= 0.3 is 0 Å². The van der Waals surface area contributed by atoms with E-state index in [1.54, 1.807) is 19.1 Å². The van der Waals surface area contributed by atoms with Crippen LogP contribution in [0, 0.1) is 5.82 Å². The van der Waals surface area contributed by atoms with E-state index in [2.05, 4.69) is 0 Å². The Morgan fingerprint density at radius 1 is 1.53 bits per heavy atom. The Morgan fingerprint density at radius 2 is 2.29 bits per heavy atom. The molecule has 1 unspecified atom stereocenters. The molecule has 1 aromatic rings. The lowest BCUT2D eigenvalue weighted by atomic mass is 10.1. The number of halogens is 1. The van der Waals surface area contributed by atoms with Crippen LogP contribution in [0.3, 0.4) is 0 Å². The van der Waals surface area contributed by atoms with Crippen LogP contribution in [0.4, 0.5) is 10.1 Å². The first-order valence-electron chi connectivity index (χ1n) is 5.98. The lowest BCUT2D eigenvalue weighted by Crippen LogP contribution is -2.32. The van der Waals surface area contributed by atoms with Gasteiger partial charge in [-0.1, -0.05) is 6.07 Å². The Kier molecular flexibility index (Phi) is 3.64. The molecule has 94 valence electrons. The molecule has 2 rings (SSSR count). The Balaban J connectivity index is 2.27. The second-order valence-corrected chi connectivity index (χ2v) is 4.56. The number of aliphatic hydroxyl groups is 2. The minimum atomic E-state index is -0.661. The van der Waals surface area contributed by atoms with Crippen LogP contribution in [-0.2, 0) is 0 Å². The van der Waals surface area contributed by atoms with E-state index >= 15 is 0 Å². The molecule has 1 aliphatic rings. The van der Waals surface area contributed by atoms with Gasteiger partial charge in [-0.2, -0.15) is 0 Å². The summed E-state index contributed by atoms with van der Waals surface area (Å²) in [4.78, 5) is 1.90. The highest BCUT2D eigenvalue weighted by Crippen LogP contribution is 2.29. The fourth-order valence-corrected chi connectivity index (χ4v) is 2.36. The molecule has 3 nitrogen and oxygen atoms in total. The van der Waals surface area contributed by atoms with E-state index in [4.69, 9.17) is 0 Å². The normalized spacial score (nSPS) is 21.9. The lowest BCUT2D eigenvalue weighted by Gasteiger charge is -2.26. The van der Waals surface area contributed by atoms with Crippen molar-refractivity contribution in [2.45, 2.75) is 31.9 Å². The zero-order valence-corrected chi connectivity index (χ0v) is 9.93. The Labute approximate surface area is 100 Å². The third-order valence-corrected chi connectivity index (χ3v) is 3.35. The number of nitrogens with zero attached hydrogens (tertiary/aromatic N) is 1. The molecule has 0 spiro atoms. The van der Waals surface area contributed by atoms with E-state index in [-0.39, 0.29) is 18.5 Å². The van der Waals surface area contributed by atoms with Crippen LogP contribution in [0.25, 0.3) is 0 Å². The molecular weight excluding hydrogens is 221 g/mol. The molecule has 1 saturated heterocycles. The van der Waals surface area contributed by atoms with Gasteiger partial charge in [-0.05, 0) is 37.5 Å². The Bertz CT molecular complexity index is 395. The molecule has 1 fully saturated rings. The van der Waals surface area contributed by atoms with Crippen LogP contribution in [0.2, 0.25) is 0 Å². The monoisotopic (exact) mass is 239 g/mol. The van der Waals surface area contributed by atoms with Gasteiger partial charge in [0.25, 0.3) is 0 Å². The van der Waals surface area contributed by atoms with Gasteiger partial charge in [0.15, 0.2) is 0 Å². The summed E-state index contributed by atoms with van der Waals surface area (Å²) in [7, 11) is 0. The first-order chi connectivity index (χ1) is 8.13. The van der Waals surface area contributed by atoms with Crippen molar-refractivity contribution in [1.29, 1.82) is 0 Å². The van der Waals surface area contributed by atoms with Crippen LogP contribution >= 0.6 is 0 Å². The molecule has 0 saturated carbocycles. The number of rotatable bonds is 3.